The van der Waals surface area contributed by atoms with E-state index in [-0.39, 0.29) is 11.8 Å². The van der Waals surface area contributed by atoms with Gasteiger partial charge < -0.3 is 15.4 Å². The molecule has 0 saturated heterocycles. The Labute approximate surface area is 199 Å². The summed E-state index contributed by atoms with van der Waals surface area (Å²) in [6.45, 7) is 1.25. The Balaban J connectivity index is 1.11. The first-order chi connectivity index (χ1) is 16.7. The van der Waals surface area contributed by atoms with E-state index in [0.29, 0.717) is 19.0 Å². The van der Waals surface area contributed by atoms with Crippen molar-refractivity contribution in [2.75, 3.05) is 5.32 Å². The zero-order valence-electron chi connectivity index (χ0n) is 18.9. The molecule has 2 N–H and O–H groups in total. The van der Waals surface area contributed by atoms with Crippen LogP contribution in [0.4, 0.5) is 5.69 Å². The molecule has 1 heterocycles. The maximum absolute atomic E-state index is 12.5. The average Bonchev–Trinajstić information content (AvgIpc) is 3.69. The molecule has 1 aromatic heterocycles. The lowest BCUT2D eigenvalue weighted by molar-refractivity contribution is -0.122. The quantitative estimate of drug-likeness (QED) is 0.334. The van der Waals surface area contributed by atoms with E-state index in [1.807, 2.05) is 60.7 Å². The number of benzene rings is 3. The first-order valence-electron chi connectivity index (χ1n) is 11.6. The predicted octanol–water partition coefficient (Wildman–Crippen LogP) is 5.91. The van der Waals surface area contributed by atoms with Crippen molar-refractivity contribution in [3.05, 3.63) is 120 Å². The molecule has 5 heteroatoms. The minimum absolute atomic E-state index is 0.0630. The van der Waals surface area contributed by atoms with Gasteiger partial charge in [0.05, 0.1) is 0 Å². The molecule has 2 atom stereocenters. The zero-order valence-corrected chi connectivity index (χ0v) is 18.9. The number of amides is 1. The molecule has 0 spiro atoms. The lowest BCUT2D eigenvalue weighted by Crippen LogP contribution is -2.24. The van der Waals surface area contributed by atoms with Crippen molar-refractivity contribution < 1.29 is 9.53 Å². The Bertz CT molecular complexity index is 1230. The number of nitrogens with one attached hydrogen (secondary N) is 2. The lowest BCUT2D eigenvalue weighted by Gasteiger charge is -2.10. The van der Waals surface area contributed by atoms with Crippen LogP contribution < -0.4 is 15.4 Å². The summed E-state index contributed by atoms with van der Waals surface area (Å²) < 4.78 is 5.93. The van der Waals surface area contributed by atoms with Crippen LogP contribution in [0.25, 0.3) is 0 Å². The van der Waals surface area contributed by atoms with E-state index in [9.17, 15) is 4.79 Å². The fraction of sp³-hybridized carbons (Fsp3) is 0.172. The molecule has 0 unspecified atom stereocenters. The fourth-order valence-electron chi connectivity index (χ4n) is 4.07. The summed E-state index contributed by atoms with van der Waals surface area (Å²) in [5, 5.41) is 6.51. The van der Waals surface area contributed by atoms with Crippen molar-refractivity contribution in [2.24, 2.45) is 5.92 Å². The molecule has 1 aliphatic rings. The number of carbonyl (C=O) groups is 1. The highest BCUT2D eigenvalue weighted by Crippen LogP contribution is 2.47. The van der Waals surface area contributed by atoms with Crippen LogP contribution in [0, 0.1) is 5.92 Å². The average molecular weight is 450 g/mol. The van der Waals surface area contributed by atoms with E-state index in [2.05, 4.69) is 45.9 Å². The SMILES string of the molecule is O=C(NCc1ccncc1)[C@@H]1C[C@H]1c1ccc(NCc2cccc(Oc3ccccc3)c2)cc1. The van der Waals surface area contributed by atoms with Crippen molar-refractivity contribution >= 4 is 11.6 Å². The third-order valence-corrected chi connectivity index (χ3v) is 6.06. The maximum atomic E-state index is 12.5. The van der Waals surface area contributed by atoms with Crippen molar-refractivity contribution in [2.45, 2.75) is 25.4 Å². The van der Waals surface area contributed by atoms with E-state index in [4.69, 9.17) is 4.74 Å². The smallest absolute Gasteiger partial charge is 0.224 e. The Morgan fingerprint density at radius 1 is 0.824 bits per heavy atom. The van der Waals surface area contributed by atoms with Gasteiger partial charge in [-0.2, -0.15) is 0 Å². The number of para-hydroxylation sites is 1. The molecule has 0 bridgehead atoms. The highest BCUT2D eigenvalue weighted by atomic mass is 16.5. The van der Waals surface area contributed by atoms with Crippen LogP contribution in [0.2, 0.25) is 0 Å². The predicted molar refractivity (Wildman–Crippen MR) is 134 cm³/mol. The first kappa shape index (κ1) is 21.7. The lowest BCUT2D eigenvalue weighted by atomic mass is 10.1. The third-order valence-electron chi connectivity index (χ3n) is 6.06. The van der Waals surface area contributed by atoms with Gasteiger partial charge in [0.15, 0.2) is 0 Å². The second kappa shape index (κ2) is 10.2. The number of rotatable bonds is 9. The normalized spacial score (nSPS) is 16.5. The van der Waals surface area contributed by atoms with Gasteiger partial charge in [0, 0.05) is 37.1 Å². The topological polar surface area (TPSA) is 63.2 Å². The van der Waals surface area contributed by atoms with Crippen molar-refractivity contribution in [3.63, 3.8) is 0 Å². The largest absolute Gasteiger partial charge is 0.457 e. The standard InChI is InChI=1S/C29H27N3O2/c33-29(32-19-21-13-15-30-16-14-21)28-18-27(28)23-9-11-24(12-10-23)31-20-22-5-4-8-26(17-22)34-25-6-2-1-3-7-25/h1-17,27-28,31H,18-20H2,(H,32,33)/t27-,28+/m0/s1. The van der Waals surface area contributed by atoms with Crippen LogP contribution in [-0.2, 0) is 17.9 Å². The number of aromatic nitrogens is 1. The molecular weight excluding hydrogens is 422 g/mol. The van der Waals surface area contributed by atoms with Gasteiger partial charge in [0.25, 0.3) is 0 Å². The van der Waals surface area contributed by atoms with Crippen LogP contribution >= 0.6 is 0 Å². The van der Waals surface area contributed by atoms with Gasteiger partial charge in [0.1, 0.15) is 11.5 Å². The zero-order chi connectivity index (χ0) is 23.2. The maximum Gasteiger partial charge on any atom is 0.224 e. The summed E-state index contributed by atoms with van der Waals surface area (Å²) >= 11 is 0. The highest BCUT2D eigenvalue weighted by molar-refractivity contribution is 5.82. The molecule has 0 aliphatic heterocycles. The van der Waals surface area contributed by atoms with Gasteiger partial charge in [-0.25, -0.2) is 0 Å². The molecule has 170 valence electrons. The molecule has 1 aliphatic carbocycles. The number of hydrogen-bond acceptors (Lipinski definition) is 4. The van der Waals surface area contributed by atoms with Crippen LogP contribution in [0.3, 0.4) is 0 Å². The minimum atomic E-state index is 0.0630. The van der Waals surface area contributed by atoms with Gasteiger partial charge in [-0.3, -0.25) is 9.78 Å². The summed E-state index contributed by atoms with van der Waals surface area (Å²) in [5.41, 5.74) is 4.48. The van der Waals surface area contributed by atoms with Crippen LogP contribution in [0.5, 0.6) is 11.5 Å². The summed E-state index contributed by atoms with van der Waals surface area (Å²) in [6.07, 6.45) is 4.39. The van der Waals surface area contributed by atoms with E-state index in [1.54, 1.807) is 12.4 Å². The van der Waals surface area contributed by atoms with Crippen molar-refractivity contribution in [1.82, 2.24) is 10.3 Å². The summed E-state index contributed by atoms with van der Waals surface area (Å²) in [6, 6.07) is 30.1. The van der Waals surface area contributed by atoms with E-state index in [1.165, 1.54) is 5.56 Å². The Kier molecular flexibility index (Phi) is 6.52. The van der Waals surface area contributed by atoms with Crippen molar-refractivity contribution in [1.29, 1.82) is 0 Å². The van der Waals surface area contributed by atoms with Crippen molar-refractivity contribution in [3.8, 4) is 11.5 Å². The molecular formula is C29H27N3O2. The summed E-state index contributed by atoms with van der Waals surface area (Å²) in [5.74, 6) is 2.14. The molecule has 34 heavy (non-hydrogen) atoms. The molecule has 4 aromatic rings. The third kappa shape index (κ3) is 5.62. The van der Waals surface area contributed by atoms with Gasteiger partial charge >= 0.3 is 0 Å². The molecule has 3 aromatic carbocycles. The van der Waals surface area contributed by atoms with Crippen LogP contribution in [-0.4, -0.2) is 10.9 Å². The van der Waals surface area contributed by atoms with E-state index < -0.39 is 0 Å². The van der Waals surface area contributed by atoms with Gasteiger partial charge in [-0.1, -0.05) is 42.5 Å². The first-order valence-corrected chi connectivity index (χ1v) is 11.6. The Morgan fingerprint density at radius 3 is 2.38 bits per heavy atom. The summed E-state index contributed by atoms with van der Waals surface area (Å²) in [4.78, 5) is 16.5. The number of carbonyl (C=O) groups excluding carboxylic acids is 1. The number of anilines is 1. The number of hydrogen-bond donors (Lipinski definition) is 2. The molecule has 1 saturated carbocycles. The fourth-order valence-corrected chi connectivity index (χ4v) is 4.07. The van der Waals surface area contributed by atoms with Crippen LogP contribution in [0.1, 0.15) is 29.0 Å². The van der Waals surface area contributed by atoms with Crippen LogP contribution in [0.15, 0.2) is 103 Å². The second-order valence-corrected chi connectivity index (χ2v) is 8.56. The molecule has 5 nitrogen and oxygen atoms in total. The van der Waals surface area contributed by atoms with Gasteiger partial charge in [-0.15, -0.1) is 0 Å². The number of nitrogens with zero attached hydrogens (tertiary/aromatic N) is 1. The Hall–Kier alpha value is -4.12. The van der Waals surface area contributed by atoms with E-state index in [0.717, 1.165) is 34.7 Å². The molecule has 0 radical (unpaired) electrons. The summed E-state index contributed by atoms with van der Waals surface area (Å²) in [7, 11) is 0. The monoisotopic (exact) mass is 449 g/mol. The minimum Gasteiger partial charge on any atom is -0.457 e. The van der Waals surface area contributed by atoms with E-state index >= 15 is 0 Å². The number of ether oxygens (including phenoxy) is 1. The highest BCUT2D eigenvalue weighted by Gasteiger charge is 2.43. The Morgan fingerprint density at radius 2 is 1.59 bits per heavy atom. The van der Waals surface area contributed by atoms with Gasteiger partial charge in [0.2, 0.25) is 5.91 Å². The molecule has 5 rings (SSSR count). The second-order valence-electron chi connectivity index (χ2n) is 8.56. The number of pyridine rings is 1. The molecule has 1 amide bonds. The molecule has 1 fully saturated rings. The van der Waals surface area contributed by atoms with Gasteiger partial charge in [-0.05, 0) is 77.6 Å².